The van der Waals surface area contributed by atoms with Gasteiger partial charge in [0.1, 0.15) is 10.6 Å². The van der Waals surface area contributed by atoms with Crippen molar-refractivity contribution in [3.63, 3.8) is 0 Å². The minimum Gasteiger partial charge on any atom is -0.283 e. The number of carbonyl (C=O) groups is 2. The number of allylic oxidation sites excluding steroid dienone is 1. The van der Waals surface area contributed by atoms with Gasteiger partial charge in [-0.05, 0) is 36.8 Å². The Morgan fingerprint density at radius 3 is 2.70 bits per heavy atom. The summed E-state index contributed by atoms with van der Waals surface area (Å²) in [5.41, 5.74) is 4.60. The lowest BCUT2D eigenvalue weighted by atomic mass is 10.2. The van der Waals surface area contributed by atoms with Gasteiger partial charge < -0.3 is 0 Å². The summed E-state index contributed by atoms with van der Waals surface area (Å²) in [6.45, 7) is 5.95. The van der Waals surface area contributed by atoms with Crippen molar-refractivity contribution < 1.29 is 14.0 Å². The number of nitrogens with zero attached hydrogens (tertiary/aromatic N) is 2. The summed E-state index contributed by atoms with van der Waals surface area (Å²) in [5, 5.41) is 0.955. The molecule has 0 radical (unpaired) electrons. The number of hydrogen-bond acceptors (Lipinski definition) is 6. The maximum Gasteiger partial charge on any atom is 0.269 e. The standard InChI is InChI=1S/C20H19FN4O3S2/c1-3-9-25-19(28)15-10-14(4-2)30-18(15)22-20(25)29-11-16(26)23-24-17(27)12-5-7-13(21)8-6-12/h3,5-8,10H,1,4,9,11H2,2H3,(H,23,26)(H,24,27). The molecule has 0 saturated heterocycles. The van der Waals surface area contributed by atoms with E-state index in [4.69, 9.17) is 0 Å². The van der Waals surface area contributed by atoms with E-state index in [2.05, 4.69) is 22.4 Å². The average molecular weight is 447 g/mol. The van der Waals surface area contributed by atoms with Gasteiger partial charge in [-0.3, -0.25) is 29.8 Å². The lowest BCUT2D eigenvalue weighted by molar-refractivity contribution is -0.119. The minimum absolute atomic E-state index is 0.0647. The summed E-state index contributed by atoms with van der Waals surface area (Å²) in [7, 11) is 0. The molecule has 156 valence electrons. The predicted molar refractivity (Wildman–Crippen MR) is 116 cm³/mol. The number of nitrogens with one attached hydrogen (secondary N) is 2. The third-order valence-electron chi connectivity index (χ3n) is 4.08. The van der Waals surface area contributed by atoms with Gasteiger partial charge in [-0.25, -0.2) is 9.37 Å². The van der Waals surface area contributed by atoms with E-state index in [1.165, 1.54) is 28.0 Å². The number of fused-ring (bicyclic) bond motifs is 1. The zero-order chi connectivity index (χ0) is 21.7. The molecule has 1 aromatic carbocycles. The maximum absolute atomic E-state index is 12.9. The Morgan fingerprint density at radius 1 is 1.30 bits per heavy atom. The lowest BCUT2D eigenvalue weighted by Gasteiger charge is -2.10. The van der Waals surface area contributed by atoms with E-state index in [0.29, 0.717) is 15.4 Å². The van der Waals surface area contributed by atoms with Gasteiger partial charge in [-0.15, -0.1) is 17.9 Å². The van der Waals surface area contributed by atoms with Gasteiger partial charge in [0.2, 0.25) is 5.91 Å². The molecule has 2 N–H and O–H groups in total. The third-order valence-corrected chi connectivity index (χ3v) is 6.23. The second-order valence-electron chi connectivity index (χ2n) is 6.18. The molecule has 0 bridgehead atoms. The zero-order valence-corrected chi connectivity index (χ0v) is 17.7. The molecular formula is C20H19FN4O3S2. The number of thiophene rings is 1. The molecule has 7 nitrogen and oxygen atoms in total. The van der Waals surface area contributed by atoms with Crippen LogP contribution in [0.1, 0.15) is 22.2 Å². The van der Waals surface area contributed by atoms with Crippen LogP contribution in [0.2, 0.25) is 0 Å². The van der Waals surface area contributed by atoms with Crippen LogP contribution in [0.5, 0.6) is 0 Å². The Balaban J connectivity index is 1.68. The fourth-order valence-corrected chi connectivity index (χ4v) is 4.40. The molecule has 0 aliphatic heterocycles. The number of hydrazine groups is 1. The molecule has 30 heavy (non-hydrogen) atoms. The summed E-state index contributed by atoms with van der Waals surface area (Å²) < 4.78 is 14.4. The molecule has 0 saturated carbocycles. The van der Waals surface area contributed by atoms with Crippen molar-refractivity contribution >= 4 is 45.1 Å². The summed E-state index contributed by atoms with van der Waals surface area (Å²) in [6, 6.07) is 6.78. The second kappa shape index (κ2) is 9.68. The SMILES string of the molecule is C=CCn1c(SCC(=O)NNC(=O)c2ccc(F)cc2)nc2sc(CC)cc2c1=O. The quantitative estimate of drug-likeness (QED) is 0.252. The van der Waals surface area contributed by atoms with Crippen molar-refractivity contribution in [3.8, 4) is 0 Å². The Morgan fingerprint density at radius 2 is 2.03 bits per heavy atom. The number of rotatable bonds is 7. The molecular weight excluding hydrogens is 427 g/mol. The molecule has 0 spiro atoms. The third kappa shape index (κ3) is 4.95. The predicted octanol–water partition coefficient (Wildman–Crippen LogP) is 2.90. The van der Waals surface area contributed by atoms with Crippen molar-refractivity contribution in [2.45, 2.75) is 25.0 Å². The van der Waals surface area contributed by atoms with E-state index in [1.807, 2.05) is 13.0 Å². The summed E-state index contributed by atoms with van der Waals surface area (Å²) >= 11 is 2.54. The number of carbonyl (C=O) groups excluding carboxylic acids is 2. The number of aryl methyl sites for hydroxylation is 1. The molecule has 0 aliphatic carbocycles. The highest BCUT2D eigenvalue weighted by atomic mass is 32.2. The molecule has 2 heterocycles. The summed E-state index contributed by atoms with van der Waals surface area (Å²) in [4.78, 5) is 43.1. The number of amides is 2. The molecule has 0 aliphatic rings. The summed E-state index contributed by atoms with van der Waals surface area (Å²) in [6.07, 6.45) is 2.40. The van der Waals surface area contributed by atoms with Crippen LogP contribution in [-0.4, -0.2) is 27.1 Å². The van der Waals surface area contributed by atoms with Gasteiger partial charge in [0, 0.05) is 17.0 Å². The number of aromatic nitrogens is 2. The molecule has 2 amide bonds. The van der Waals surface area contributed by atoms with E-state index >= 15 is 0 Å². The van der Waals surface area contributed by atoms with Gasteiger partial charge in [-0.2, -0.15) is 0 Å². The molecule has 3 aromatic rings. The topological polar surface area (TPSA) is 93.1 Å². The highest BCUT2D eigenvalue weighted by Gasteiger charge is 2.15. The Kier molecular flexibility index (Phi) is 7.01. The first-order valence-electron chi connectivity index (χ1n) is 9.04. The first-order valence-corrected chi connectivity index (χ1v) is 10.8. The maximum atomic E-state index is 12.9. The largest absolute Gasteiger partial charge is 0.283 e. The van der Waals surface area contributed by atoms with Crippen LogP contribution in [0, 0.1) is 5.82 Å². The van der Waals surface area contributed by atoms with Crippen LogP contribution in [-0.2, 0) is 17.8 Å². The van der Waals surface area contributed by atoms with Crippen LogP contribution in [0.25, 0.3) is 10.2 Å². The van der Waals surface area contributed by atoms with Crippen molar-refractivity contribution in [2.24, 2.45) is 0 Å². The van der Waals surface area contributed by atoms with E-state index in [1.54, 1.807) is 6.08 Å². The van der Waals surface area contributed by atoms with E-state index in [-0.39, 0.29) is 23.4 Å². The normalized spacial score (nSPS) is 10.7. The van der Waals surface area contributed by atoms with Gasteiger partial charge in [0.05, 0.1) is 11.1 Å². The van der Waals surface area contributed by atoms with Crippen LogP contribution < -0.4 is 16.4 Å². The smallest absolute Gasteiger partial charge is 0.269 e. The molecule has 3 rings (SSSR count). The monoisotopic (exact) mass is 446 g/mol. The van der Waals surface area contributed by atoms with E-state index in [9.17, 15) is 18.8 Å². The fourth-order valence-electron chi connectivity index (χ4n) is 2.59. The number of thioether (sulfide) groups is 1. The molecule has 10 heteroatoms. The number of benzene rings is 1. The molecule has 0 fully saturated rings. The van der Waals surface area contributed by atoms with Crippen LogP contribution >= 0.6 is 23.1 Å². The minimum atomic E-state index is -0.567. The average Bonchev–Trinajstić information content (AvgIpc) is 3.17. The van der Waals surface area contributed by atoms with Crippen LogP contribution in [0.3, 0.4) is 0 Å². The lowest BCUT2D eigenvalue weighted by Crippen LogP contribution is -2.42. The molecule has 2 aromatic heterocycles. The van der Waals surface area contributed by atoms with Crippen molar-refractivity contribution in [3.05, 3.63) is 69.6 Å². The Bertz CT molecular complexity index is 1160. The van der Waals surface area contributed by atoms with Crippen LogP contribution in [0.15, 0.2) is 52.9 Å². The van der Waals surface area contributed by atoms with Crippen molar-refractivity contribution in [1.29, 1.82) is 0 Å². The highest BCUT2D eigenvalue weighted by Crippen LogP contribution is 2.25. The van der Waals surface area contributed by atoms with Crippen molar-refractivity contribution in [1.82, 2.24) is 20.4 Å². The Labute approximate surface area is 180 Å². The first kappa shape index (κ1) is 21.7. The number of hydrogen-bond donors (Lipinski definition) is 2. The fraction of sp³-hybridized carbons (Fsp3) is 0.200. The van der Waals surface area contributed by atoms with Gasteiger partial charge in [-0.1, -0.05) is 24.8 Å². The Hall–Kier alpha value is -2.98. The van der Waals surface area contributed by atoms with Crippen LogP contribution in [0.4, 0.5) is 4.39 Å². The zero-order valence-electron chi connectivity index (χ0n) is 16.1. The first-order chi connectivity index (χ1) is 14.4. The number of halogens is 1. The van der Waals surface area contributed by atoms with E-state index < -0.39 is 17.6 Å². The van der Waals surface area contributed by atoms with Crippen molar-refractivity contribution in [2.75, 3.05) is 5.75 Å². The summed E-state index contributed by atoms with van der Waals surface area (Å²) in [5.74, 6) is -1.57. The van der Waals surface area contributed by atoms with Gasteiger partial charge in [0.15, 0.2) is 5.16 Å². The molecule has 0 atom stereocenters. The van der Waals surface area contributed by atoms with E-state index in [0.717, 1.165) is 35.2 Å². The van der Waals surface area contributed by atoms with Gasteiger partial charge >= 0.3 is 0 Å². The highest BCUT2D eigenvalue weighted by molar-refractivity contribution is 7.99. The second-order valence-corrected chi connectivity index (χ2v) is 8.24. The molecule has 0 unspecified atom stereocenters. The van der Waals surface area contributed by atoms with Gasteiger partial charge in [0.25, 0.3) is 11.5 Å².